The van der Waals surface area contributed by atoms with E-state index in [1.54, 1.807) is 4.90 Å². The molecule has 1 amide bonds. The lowest BCUT2D eigenvalue weighted by Gasteiger charge is -2.37. The van der Waals surface area contributed by atoms with Crippen LogP contribution < -0.4 is 0 Å². The monoisotopic (exact) mass is 156 g/mol. The molecule has 0 aromatic heterocycles. The Morgan fingerprint density at radius 1 is 1.45 bits per heavy atom. The highest BCUT2D eigenvalue weighted by atomic mass is 16.1. The smallest absolute Gasteiger partial charge is 0.312 e. The van der Waals surface area contributed by atoms with Crippen LogP contribution >= 0.6 is 0 Å². The molecule has 0 aliphatic carbocycles. The summed E-state index contributed by atoms with van der Waals surface area (Å²) in [7, 11) is 0. The first kappa shape index (κ1) is 10.5. The van der Waals surface area contributed by atoms with Gasteiger partial charge in [-0.3, -0.25) is 4.79 Å². The third-order valence-corrected chi connectivity index (χ3v) is 2.53. The van der Waals surface area contributed by atoms with E-state index in [1.165, 1.54) is 0 Å². The van der Waals surface area contributed by atoms with Crippen LogP contribution in [0.3, 0.4) is 0 Å². The average Bonchev–Trinajstić information content (AvgIpc) is 1.89. The molecule has 0 unspecified atom stereocenters. The molecule has 0 bridgehead atoms. The lowest BCUT2D eigenvalue weighted by atomic mass is 9.89. The van der Waals surface area contributed by atoms with Gasteiger partial charge in [0.1, 0.15) is 0 Å². The van der Waals surface area contributed by atoms with Crippen LogP contribution in [0.1, 0.15) is 34.6 Å². The van der Waals surface area contributed by atoms with Gasteiger partial charge in [0.15, 0.2) is 0 Å². The first-order valence-electron chi connectivity index (χ1n) is 4.12. The Hall–Kier alpha value is -0.530. The van der Waals surface area contributed by atoms with Crippen LogP contribution in [0.2, 0.25) is 0 Å². The standard InChI is InChI=1S/C9H18NO/c1-6-10(7-11)9(4,5)8(2)3/h8H,6H2,1-5H3. The predicted molar refractivity (Wildman–Crippen MR) is 47.0 cm³/mol. The summed E-state index contributed by atoms with van der Waals surface area (Å²) < 4.78 is 0. The van der Waals surface area contributed by atoms with Gasteiger partial charge in [-0.05, 0) is 26.7 Å². The van der Waals surface area contributed by atoms with Crippen molar-refractivity contribution in [3.05, 3.63) is 0 Å². The molecule has 0 aliphatic rings. The van der Waals surface area contributed by atoms with E-state index in [4.69, 9.17) is 0 Å². The Morgan fingerprint density at radius 2 is 1.91 bits per heavy atom. The van der Waals surface area contributed by atoms with Crippen LogP contribution in [0.4, 0.5) is 0 Å². The summed E-state index contributed by atoms with van der Waals surface area (Å²) in [5, 5.41) is 0. The number of carbonyl (C=O) groups excluding carboxylic acids is 1. The lowest BCUT2D eigenvalue weighted by molar-refractivity contribution is 0.154. The van der Waals surface area contributed by atoms with Crippen LogP contribution in [0.25, 0.3) is 0 Å². The van der Waals surface area contributed by atoms with Crippen LogP contribution in [-0.4, -0.2) is 23.4 Å². The van der Waals surface area contributed by atoms with E-state index < -0.39 is 0 Å². The molecule has 0 aliphatic heterocycles. The maximum absolute atomic E-state index is 10.5. The van der Waals surface area contributed by atoms with Gasteiger partial charge < -0.3 is 4.90 Å². The fourth-order valence-electron chi connectivity index (χ4n) is 0.901. The summed E-state index contributed by atoms with van der Waals surface area (Å²) >= 11 is 0. The molecular formula is C9H18NO. The van der Waals surface area contributed by atoms with Crippen molar-refractivity contribution in [2.45, 2.75) is 40.2 Å². The summed E-state index contributed by atoms with van der Waals surface area (Å²) in [5.41, 5.74) is -0.0729. The van der Waals surface area contributed by atoms with Crippen LogP contribution in [-0.2, 0) is 4.79 Å². The van der Waals surface area contributed by atoms with Crippen molar-refractivity contribution in [3.63, 3.8) is 0 Å². The molecule has 2 nitrogen and oxygen atoms in total. The van der Waals surface area contributed by atoms with Gasteiger partial charge in [-0.2, -0.15) is 0 Å². The molecule has 1 radical (unpaired) electrons. The number of rotatable bonds is 4. The number of amides is 1. The van der Waals surface area contributed by atoms with Crippen molar-refractivity contribution >= 4 is 6.41 Å². The van der Waals surface area contributed by atoms with Crippen LogP contribution in [0, 0.1) is 5.92 Å². The van der Waals surface area contributed by atoms with E-state index in [0.717, 1.165) is 6.54 Å². The van der Waals surface area contributed by atoms with Gasteiger partial charge in [-0.15, -0.1) is 0 Å². The highest BCUT2D eigenvalue weighted by molar-refractivity contribution is 5.49. The highest BCUT2D eigenvalue weighted by Crippen LogP contribution is 2.21. The molecule has 0 rings (SSSR count). The van der Waals surface area contributed by atoms with Crippen molar-refractivity contribution in [3.8, 4) is 0 Å². The lowest BCUT2D eigenvalue weighted by Crippen LogP contribution is -2.46. The molecular weight excluding hydrogens is 138 g/mol. The van der Waals surface area contributed by atoms with Crippen LogP contribution in [0.15, 0.2) is 0 Å². The maximum Gasteiger partial charge on any atom is 0.312 e. The van der Waals surface area contributed by atoms with Gasteiger partial charge in [-0.25, -0.2) is 0 Å². The van der Waals surface area contributed by atoms with Gasteiger partial charge in [-0.1, -0.05) is 13.8 Å². The fraction of sp³-hybridized carbons (Fsp3) is 0.889. The molecule has 0 aromatic carbocycles. The zero-order chi connectivity index (χ0) is 9.07. The topological polar surface area (TPSA) is 20.3 Å². The largest absolute Gasteiger partial charge is 0.329 e. The van der Waals surface area contributed by atoms with E-state index in [9.17, 15) is 4.79 Å². The summed E-state index contributed by atoms with van der Waals surface area (Å²) in [4.78, 5) is 12.2. The number of hydrogen-bond donors (Lipinski definition) is 0. The van der Waals surface area contributed by atoms with Gasteiger partial charge in [0.05, 0.1) is 0 Å². The maximum atomic E-state index is 10.5. The Kier molecular flexibility index (Phi) is 3.56. The summed E-state index contributed by atoms with van der Waals surface area (Å²) in [6, 6.07) is 0. The van der Waals surface area contributed by atoms with Crippen molar-refractivity contribution in [2.24, 2.45) is 5.92 Å². The Balaban J connectivity index is 4.36. The minimum absolute atomic E-state index is 0.0729. The van der Waals surface area contributed by atoms with E-state index in [1.807, 2.05) is 13.3 Å². The molecule has 0 fully saturated rings. The van der Waals surface area contributed by atoms with Crippen LogP contribution in [0.5, 0.6) is 0 Å². The van der Waals surface area contributed by atoms with Crippen molar-refractivity contribution < 1.29 is 4.79 Å². The van der Waals surface area contributed by atoms with Gasteiger partial charge in [0.2, 0.25) is 0 Å². The van der Waals surface area contributed by atoms with Gasteiger partial charge in [0.25, 0.3) is 0 Å². The van der Waals surface area contributed by atoms with Crippen molar-refractivity contribution in [1.82, 2.24) is 4.90 Å². The molecule has 65 valence electrons. The molecule has 0 aromatic rings. The predicted octanol–water partition coefficient (Wildman–Crippen LogP) is 1.81. The van der Waals surface area contributed by atoms with Crippen molar-refractivity contribution in [1.29, 1.82) is 0 Å². The summed E-state index contributed by atoms with van der Waals surface area (Å²) in [5.74, 6) is 0.462. The molecule has 0 heterocycles. The third kappa shape index (κ3) is 2.21. The Morgan fingerprint density at radius 3 is 2.00 bits per heavy atom. The molecule has 0 atom stereocenters. The number of hydrogen-bond acceptors (Lipinski definition) is 1. The van der Waals surface area contributed by atoms with E-state index >= 15 is 0 Å². The molecule has 0 N–H and O–H groups in total. The first-order chi connectivity index (χ1) is 4.96. The fourth-order valence-corrected chi connectivity index (χ4v) is 0.901. The second kappa shape index (κ2) is 3.74. The molecule has 0 saturated carbocycles. The van der Waals surface area contributed by atoms with Gasteiger partial charge >= 0.3 is 6.41 Å². The summed E-state index contributed by atoms with van der Waals surface area (Å²) in [6.45, 7) is 11.0. The normalized spacial score (nSPS) is 11.8. The SMILES string of the molecule is CCN([C]=O)C(C)(C)C(C)C. The van der Waals surface area contributed by atoms with E-state index in [0.29, 0.717) is 5.92 Å². The Labute approximate surface area is 69.6 Å². The molecule has 0 spiro atoms. The minimum Gasteiger partial charge on any atom is -0.329 e. The van der Waals surface area contributed by atoms with Gasteiger partial charge in [0, 0.05) is 12.1 Å². The quantitative estimate of drug-likeness (QED) is 0.568. The van der Waals surface area contributed by atoms with E-state index in [-0.39, 0.29) is 5.54 Å². The van der Waals surface area contributed by atoms with Crippen molar-refractivity contribution in [2.75, 3.05) is 6.54 Å². The average molecular weight is 156 g/mol. The third-order valence-electron chi connectivity index (χ3n) is 2.53. The Bertz CT molecular complexity index is 130. The second-order valence-electron chi connectivity index (χ2n) is 3.64. The minimum atomic E-state index is -0.0729. The zero-order valence-electron chi connectivity index (χ0n) is 8.14. The molecule has 0 saturated heterocycles. The molecule has 2 heteroatoms. The summed E-state index contributed by atoms with van der Waals surface area (Å²) in [6.07, 6.45) is 1.96. The first-order valence-corrected chi connectivity index (χ1v) is 4.12. The second-order valence-corrected chi connectivity index (χ2v) is 3.64. The zero-order valence-corrected chi connectivity index (χ0v) is 8.14. The molecule has 11 heavy (non-hydrogen) atoms. The van der Waals surface area contributed by atoms with E-state index in [2.05, 4.69) is 27.7 Å². The number of nitrogens with zero attached hydrogens (tertiary/aromatic N) is 1. The highest BCUT2D eigenvalue weighted by Gasteiger charge is 2.28.